The van der Waals surface area contributed by atoms with Gasteiger partial charge in [0.05, 0.1) is 6.33 Å². The van der Waals surface area contributed by atoms with E-state index in [0.717, 1.165) is 0 Å². The largest absolute Gasteiger partial charge is 0.373 e. The summed E-state index contributed by atoms with van der Waals surface area (Å²) in [6.07, 6.45) is 1.53. The van der Waals surface area contributed by atoms with Gasteiger partial charge in [-0.15, -0.1) is 0 Å². The molecule has 0 saturated heterocycles. The number of imidazole rings is 1. The van der Waals surface area contributed by atoms with Crippen LogP contribution in [0.25, 0.3) is 0 Å². The summed E-state index contributed by atoms with van der Waals surface area (Å²) in [7, 11) is 3.49. The van der Waals surface area contributed by atoms with Crippen LogP contribution in [0.1, 0.15) is 10.5 Å². The summed E-state index contributed by atoms with van der Waals surface area (Å²) in [6.45, 7) is 0. The summed E-state index contributed by atoms with van der Waals surface area (Å²) in [5, 5.41) is 2.82. The molecule has 11 heavy (non-hydrogen) atoms. The van der Waals surface area contributed by atoms with E-state index in [9.17, 15) is 4.79 Å². The number of hydrogen-bond acceptors (Lipinski definition) is 3. The number of primary amides is 1. The quantitative estimate of drug-likeness (QED) is 0.606. The monoisotopic (exact) mass is 154 g/mol. The molecule has 0 aliphatic rings. The molecule has 1 rings (SSSR count). The Morgan fingerprint density at radius 2 is 2.45 bits per heavy atom. The molecule has 1 aromatic rings. The highest BCUT2D eigenvalue weighted by Gasteiger charge is 2.11. The number of nitrogens with zero attached hydrogens (tertiary/aromatic N) is 2. The molecule has 0 spiro atoms. The summed E-state index contributed by atoms with van der Waals surface area (Å²) in [6, 6.07) is 0. The lowest BCUT2D eigenvalue weighted by Gasteiger charge is -2.00. The number of nitrogens with one attached hydrogen (secondary N) is 1. The van der Waals surface area contributed by atoms with Crippen molar-refractivity contribution in [1.82, 2.24) is 9.55 Å². The molecule has 1 heterocycles. The summed E-state index contributed by atoms with van der Waals surface area (Å²) in [5.41, 5.74) is 5.32. The average Bonchev–Trinajstić information content (AvgIpc) is 2.30. The van der Waals surface area contributed by atoms with Gasteiger partial charge < -0.3 is 15.6 Å². The fraction of sp³-hybridized carbons (Fsp3) is 0.333. The first-order valence-corrected chi connectivity index (χ1v) is 3.15. The minimum absolute atomic E-state index is 0.273. The maximum absolute atomic E-state index is 10.7. The predicted molar refractivity (Wildman–Crippen MR) is 41.3 cm³/mol. The molecule has 0 atom stereocenters. The van der Waals surface area contributed by atoms with Crippen LogP contribution in [0, 0.1) is 0 Å². The number of hydrogen-bond donors (Lipinski definition) is 2. The van der Waals surface area contributed by atoms with Gasteiger partial charge in [-0.1, -0.05) is 0 Å². The third-order valence-corrected chi connectivity index (χ3v) is 1.41. The van der Waals surface area contributed by atoms with Gasteiger partial charge in [0.1, 0.15) is 5.82 Å². The first kappa shape index (κ1) is 7.59. The van der Waals surface area contributed by atoms with E-state index in [-0.39, 0.29) is 5.69 Å². The fourth-order valence-corrected chi connectivity index (χ4v) is 0.905. The van der Waals surface area contributed by atoms with Gasteiger partial charge in [-0.3, -0.25) is 4.79 Å². The lowest BCUT2D eigenvalue weighted by molar-refractivity contribution is 0.0997. The van der Waals surface area contributed by atoms with Gasteiger partial charge in [-0.2, -0.15) is 0 Å². The molecule has 0 bridgehead atoms. The molecule has 5 nitrogen and oxygen atoms in total. The molecular weight excluding hydrogens is 144 g/mol. The Morgan fingerprint density at radius 3 is 2.82 bits per heavy atom. The number of nitrogens with two attached hydrogens (primary N) is 1. The van der Waals surface area contributed by atoms with Crippen LogP contribution in [0.15, 0.2) is 6.33 Å². The van der Waals surface area contributed by atoms with E-state index in [4.69, 9.17) is 5.73 Å². The van der Waals surface area contributed by atoms with Gasteiger partial charge in [0.25, 0.3) is 5.91 Å². The topological polar surface area (TPSA) is 72.9 Å². The van der Waals surface area contributed by atoms with E-state index in [1.165, 1.54) is 6.33 Å². The minimum Gasteiger partial charge on any atom is -0.373 e. The summed E-state index contributed by atoms with van der Waals surface area (Å²) < 4.78 is 1.69. The van der Waals surface area contributed by atoms with Crippen LogP contribution >= 0.6 is 0 Å². The van der Waals surface area contributed by atoms with E-state index < -0.39 is 5.91 Å². The number of amides is 1. The molecule has 1 aromatic heterocycles. The first-order valence-electron chi connectivity index (χ1n) is 3.15. The zero-order chi connectivity index (χ0) is 8.43. The standard InChI is InChI=1S/C6H10N4O/c1-8-6-4(5(7)11)9-3-10(6)2/h3,8H,1-2H3,(H2,7,11). The zero-order valence-corrected chi connectivity index (χ0v) is 6.46. The summed E-state index contributed by atoms with van der Waals surface area (Å²) in [5.74, 6) is 0.118. The molecule has 3 N–H and O–H groups in total. The molecule has 60 valence electrons. The lowest BCUT2D eigenvalue weighted by atomic mass is 10.4. The van der Waals surface area contributed by atoms with Crippen molar-refractivity contribution in [3.63, 3.8) is 0 Å². The Labute approximate surface area is 64.2 Å². The van der Waals surface area contributed by atoms with Crippen molar-refractivity contribution in [2.75, 3.05) is 12.4 Å². The number of anilines is 1. The van der Waals surface area contributed by atoms with Crippen LogP contribution in [-0.2, 0) is 7.05 Å². The highest BCUT2D eigenvalue weighted by atomic mass is 16.1. The van der Waals surface area contributed by atoms with Crippen molar-refractivity contribution in [2.24, 2.45) is 12.8 Å². The second-order valence-corrected chi connectivity index (χ2v) is 2.17. The Balaban J connectivity index is 3.15. The minimum atomic E-state index is -0.519. The number of carbonyl (C=O) groups excluding carboxylic acids is 1. The molecule has 0 fully saturated rings. The molecule has 5 heteroatoms. The number of aryl methyl sites for hydroxylation is 1. The second kappa shape index (κ2) is 2.61. The number of rotatable bonds is 2. The molecule has 1 amide bonds. The van der Waals surface area contributed by atoms with Gasteiger partial charge in [0.15, 0.2) is 5.69 Å². The molecule has 0 saturated carbocycles. The summed E-state index contributed by atoms with van der Waals surface area (Å²) >= 11 is 0. The summed E-state index contributed by atoms with van der Waals surface area (Å²) in [4.78, 5) is 14.5. The van der Waals surface area contributed by atoms with Crippen LogP contribution in [0.5, 0.6) is 0 Å². The molecule has 0 aromatic carbocycles. The maximum Gasteiger partial charge on any atom is 0.271 e. The Hall–Kier alpha value is -1.52. The first-order chi connectivity index (χ1) is 5.16. The molecule has 0 aliphatic carbocycles. The van der Waals surface area contributed by atoms with Gasteiger partial charge in [-0.25, -0.2) is 4.98 Å². The van der Waals surface area contributed by atoms with Crippen molar-refractivity contribution in [1.29, 1.82) is 0 Å². The highest BCUT2D eigenvalue weighted by Crippen LogP contribution is 2.10. The third kappa shape index (κ3) is 1.17. The second-order valence-electron chi connectivity index (χ2n) is 2.17. The SMILES string of the molecule is CNc1c(C(N)=O)ncn1C. The molecular formula is C6H10N4O. The van der Waals surface area contributed by atoms with Crippen LogP contribution in [-0.4, -0.2) is 22.5 Å². The normalized spacial score (nSPS) is 9.64. The van der Waals surface area contributed by atoms with Crippen LogP contribution < -0.4 is 11.1 Å². The van der Waals surface area contributed by atoms with Crippen LogP contribution in [0.2, 0.25) is 0 Å². The number of carbonyl (C=O) groups is 1. The van der Waals surface area contributed by atoms with E-state index in [1.807, 2.05) is 0 Å². The highest BCUT2D eigenvalue weighted by molar-refractivity contribution is 5.95. The van der Waals surface area contributed by atoms with Crippen molar-refractivity contribution in [3.8, 4) is 0 Å². The van der Waals surface area contributed by atoms with E-state index in [2.05, 4.69) is 10.3 Å². The van der Waals surface area contributed by atoms with Crippen LogP contribution in [0.4, 0.5) is 5.82 Å². The van der Waals surface area contributed by atoms with Crippen molar-refractivity contribution in [3.05, 3.63) is 12.0 Å². The fourth-order valence-electron chi connectivity index (χ4n) is 0.905. The Kier molecular flexibility index (Phi) is 1.80. The van der Waals surface area contributed by atoms with Gasteiger partial charge in [0, 0.05) is 14.1 Å². The van der Waals surface area contributed by atoms with Gasteiger partial charge in [0.2, 0.25) is 0 Å². The van der Waals surface area contributed by atoms with E-state index in [1.54, 1.807) is 18.7 Å². The zero-order valence-electron chi connectivity index (χ0n) is 6.46. The van der Waals surface area contributed by atoms with Crippen molar-refractivity contribution >= 4 is 11.7 Å². The van der Waals surface area contributed by atoms with E-state index in [0.29, 0.717) is 5.82 Å². The molecule has 0 radical (unpaired) electrons. The third-order valence-electron chi connectivity index (χ3n) is 1.41. The van der Waals surface area contributed by atoms with Crippen LogP contribution in [0.3, 0.4) is 0 Å². The maximum atomic E-state index is 10.7. The molecule has 0 aliphatic heterocycles. The Bertz CT molecular complexity index is 278. The van der Waals surface area contributed by atoms with Crippen molar-refractivity contribution in [2.45, 2.75) is 0 Å². The predicted octanol–water partition coefficient (Wildman–Crippen LogP) is -0.439. The lowest BCUT2D eigenvalue weighted by Crippen LogP contribution is -2.14. The Morgan fingerprint density at radius 1 is 1.82 bits per heavy atom. The van der Waals surface area contributed by atoms with E-state index >= 15 is 0 Å². The number of aromatic nitrogens is 2. The smallest absolute Gasteiger partial charge is 0.271 e. The van der Waals surface area contributed by atoms with Gasteiger partial charge in [-0.05, 0) is 0 Å². The van der Waals surface area contributed by atoms with Gasteiger partial charge >= 0.3 is 0 Å². The molecule has 0 unspecified atom stereocenters. The van der Waals surface area contributed by atoms with Crippen molar-refractivity contribution < 1.29 is 4.79 Å². The average molecular weight is 154 g/mol.